The Balaban J connectivity index is 2.01. The van der Waals surface area contributed by atoms with Crippen LogP contribution in [-0.2, 0) is 9.59 Å². The number of likely N-dealkylation sites (tertiary alicyclic amines) is 1. The van der Waals surface area contributed by atoms with Crippen molar-refractivity contribution in [2.75, 3.05) is 18.0 Å². The van der Waals surface area contributed by atoms with Gasteiger partial charge < -0.3 is 9.80 Å². The third-order valence-electron chi connectivity index (χ3n) is 4.47. The van der Waals surface area contributed by atoms with Gasteiger partial charge in [-0.05, 0) is 43.9 Å². The van der Waals surface area contributed by atoms with E-state index in [2.05, 4.69) is 6.92 Å². The minimum atomic E-state index is -0.387. The predicted molar refractivity (Wildman–Crippen MR) is 88.7 cm³/mol. The van der Waals surface area contributed by atoms with Crippen LogP contribution in [0.5, 0.6) is 0 Å². The Kier molecular flexibility index (Phi) is 6.13. The zero-order valence-electron chi connectivity index (χ0n) is 13.9. The van der Waals surface area contributed by atoms with Crippen molar-refractivity contribution in [1.82, 2.24) is 4.90 Å². The van der Waals surface area contributed by atoms with Gasteiger partial charge in [0.1, 0.15) is 5.82 Å². The molecule has 1 saturated heterocycles. The number of piperidine rings is 1. The fraction of sp³-hybridized carbons (Fsp3) is 0.556. The number of halogens is 1. The van der Waals surface area contributed by atoms with Crippen LogP contribution in [0.15, 0.2) is 24.3 Å². The molecule has 0 aromatic heterocycles. The maximum Gasteiger partial charge on any atom is 0.224 e. The molecule has 1 heterocycles. The van der Waals surface area contributed by atoms with Crippen molar-refractivity contribution in [1.29, 1.82) is 0 Å². The van der Waals surface area contributed by atoms with Crippen LogP contribution in [0.1, 0.15) is 46.0 Å². The summed E-state index contributed by atoms with van der Waals surface area (Å²) in [5, 5.41) is 0. The first kappa shape index (κ1) is 17.4. The molecule has 0 aliphatic carbocycles. The van der Waals surface area contributed by atoms with Gasteiger partial charge in [-0.3, -0.25) is 9.59 Å². The zero-order chi connectivity index (χ0) is 16.8. The summed E-state index contributed by atoms with van der Waals surface area (Å²) >= 11 is 0. The Morgan fingerprint density at radius 2 is 2.13 bits per heavy atom. The number of carbonyl (C=O) groups excluding carboxylic acids is 2. The normalized spacial score (nSPS) is 17.9. The molecule has 1 aliphatic heterocycles. The van der Waals surface area contributed by atoms with Gasteiger partial charge in [0.05, 0.1) is 0 Å². The second-order valence-corrected chi connectivity index (χ2v) is 6.05. The molecule has 4 nitrogen and oxygen atoms in total. The largest absolute Gasteiger partial charge is 0.340 e. The van der Waals surface area contributed by atoms with E-state index in [1.807, 2.05) is 4.90 Å². The van der Waals surface area contributed by atoms with Crippen LogP contribution < -0.4 is 4.90 Å². The third-order valence-corrected chi connectivity index (χ3v) is 4.47. The lowest BCUT2D eigenvalue weighted by Gasteiger charge is -2.35. The number of hydrogen-bond acceptors (Lipinski definition) is 2. The van der Waals surface area contributed by atoms with Gasteiger partial charge >= 0.3 is 0 Å². The fourth-order valence-corrected chi connectivity index (χ4v) is 3.22. The van der Waals surface area contributed by atoms with Crippen LogP contribution in [0.2, 0.25) is 0 Å². The number of carbonyl (C=O) groups is 2. The summed E-state index contributed by atoms with van der Waals surface area (Å²) in [7, 11) is 0. The number of hydrogen-bond donors (Lipinski definition) is 0. The molecule has 0 radical (unpaired) electrons. The Hall–Kier alpha value is -1.91. The molecule has 0 spiro atoms. The van der Waals surface area contributed by atoms with Crippen molar-refractivity contribution < 1.29 is 14.0 Å². The SMILES string of the molecule is CCC1CCCCN1C(=O)CCN(C(C)=O)c1cccc(F)c1. The Bertz CT molecular complexity index is 562. The molecule has 1 aliphatic rings. The highest BCUT2D eigenvalue weighted by atomic mass is 19.1. The summed E-state index contributed by atoms with van der Waals surface area (Å²) in [5.74, 6) is -0.490. The molecule has 5 heteroatoms. The molecule has 0 N–H and O–H groups in total. The maximum absolute atomic E-state index is 13.4. The summed E-state index contributed by atoms with van der Waals surface area (Å²) in [5.41, 5.74) is 0.496. The Morgan fingerprint density at radius 3 is 2.78 bits per heavy atom. The number of rotatable bonds is 5. The highest BCUT2D eigenvalue weighted by Crippen LogP contribution is 2.21. The van der Waals surface area contributed by atoms with E-state index >= 15 is 0 Å². The van der Waals surface area contributed by atoms with E-state index in [0.717, 1.165) is 25.8 Å². The van der Waals surface area contributed by atoms with E-state index in [4.69, 9.17) is 0 Å². The van der Waals surface area contributed by atoms with Gasteiger partial charge in [-0.15, -0.1) is 0 Å². The lowest BCUT2D eigenvalue weighted by molar-refractivity contribution is -0.134. The molecule has 0 saturated carbocycles. The van der Waals surface area contributed by atoms with Crippen molar-refractivity contribution in [2.45, 2.75) is 52.0 Å². The lowest BCUT2D eigenvalue weighted by Crippen LogP contribution is -2.44. The van der Waals surface area contributed by atoms with Crippen LogP contribution in [0.3, 0.4) is 0 Å². The lowest BCUT2D eigenvalue weighted by atomic mass is 9.99. The first-order valence-corrected chi connectivity index (χ1v) is 8.36. The van der Waals surface area contributed by atoms with Crippen molar-refractivity contribution in [3.63, 3.8) is 0 Å². The average molecular weight is 320 g/mol. The second kappa shape index (κ2) is 8.09. The third kappa shape index (κ3) is 4.53. The second-order valence-electron chi connectivity index (χ2n) is 6.05. The molecule has 1 fully saturated rings. The van der Waals surface area contributed by atoms with Crippen LogP contribution in [-0.4, -0.2) is 35.8 Å². The highest BCUT2D eigenvalue weighted by molar-refractivity contribution is 5.92. The average Bonchev–Trinajstić information content (AvgIpc) is 2.54. The van der Waals surface area contributed by atoms with Gasteiger partial charge in [-0.25, -0.2) is 4.39 Å². The van der Waals surface area contributed by atoms with E-state index in [0.29, 0.717) is 11.7 Å². The molecular formula is C18H25FN2O2. The molecule has 2 rings (SSSR count). The number of amides is 2. The van der Waals surface area contributed by atoms with Crippen LogP contribution in [0.25, 0.3) is 0 Å². The quantitative estimate of drug-likeness (QED) is 0.834. The van der Waals surface area contributed by atoms with E-state index in [1.54, 1.807) is 12.1 Å². The molecular weight excluding hydrogens is 295 g/mol. The molecule has 1 aromatic rings. The summed E-state index contributed by atoms with van der Waals surface area (Å²) in [6.45, 7) is 4.62. The molecule has 126 valence electrons. The molecule has 1 unspecified atom stereocenters. The van der Waals surface area contributed by atoms with Crippen molar-refractivity contribution in [2.24, 2.45) is 0 Å². The fourth-order valence-electron chi connectivity index (χ4n) is 3.22. The Morgan fingerprint density at radius 1 is 1.35 bits per heavy atom. The molecule has 1 atom stereocenters. The summed E-state index contributed by atoms with van der Waals surface area (Å²) in [6, 6.07) is 6.23. The van der Waals surface area contributed by atoms with Crippen molar-refractivity contribution >= 4 is 17.5 Å². The number of nitrogens with zero attached hydrogens (tertiary/aromatic N) is 2. The van der Waals surface area contributed by atoms with Gasteiger partial charge in [0.25, 0.3) is 0 Å². The summed E-state index contributed by atoms with van der Waals surface area (Å²) in [6.07, 6.45) is 4.51. The summed E-state index contributed by atoms with van der Waals surface area (Å²) < 4.78 is 13.4. The van der Waals surface area contributed by atoms with Gasteiger partial charge in [0, 0.05) is 38.2 Å². The maximum atomic E-state index is 13.4. The Labute approximate surface area is 137 Å². The van der Waals surface area contributed by atoms with Crippen LogP contribution in [0.4, 0.5) is 10.1 Å². The highest BCUT2D eigenvalue weighted by Gasteiger charge is 2.25. The molecule has 0 bridgehead atoms. The topological polar surface area (TPSA) is 40.6 Å². The van der Waals surface area contributed by atoms with Crippen molar-refractivity contribution in [3.05, 3.63) is 30.1 Å². The van der Waals surface area contributed by atoms with Crippen LogP contribution in [0, 0.1) is 5.82 Å². The molecule has 23 heavy (non-hydrogen) atoms. The zero-order valence-corrected chi connectivity index (χ0v) is 13.9. The van der Waals surface area contributed by atoms with E-state index in [9.17, 15) is 14.0 Å². The minimum Gasteiger partial charge on any atom is -0.340 e. The number of benzene rings is 1. The van der Waals surface area contributed by atoms with Gasteiger partial charge in [0.15, 0.2) is 0 Å². The van der Waals surface area contributed by atoms with E-state index < -0.39 is 0 Å². The smallest absolute Gasteiger partial charge is 0.224 e. The first-order valence-electron chi connectivity index (χ1n) is 8.36. The summed E-state index contributed by atoms with van der Waals surface area (Å²) in [4.78, 5) is 27.8. The molecule has 1 aromatic carbocycles. The van der Waals surface area contributed by atoms with Gasteiger partial charge in [0.2, 0.25) is 11.8 Å². The van der Waals surface area contributed by atoms with Gasteiger partial charge in [-0.2, -0.15) is 0 Å². The van der Waals surface area contributed by atoms with E-state index in [-0.39, 0.29) is 30.6 Å². The standard InChI is InChI=1S/C18H25FN2O2/c1-3-16-8-4-5-11-21(16)18(23)10-12-20(14(2)22)17-9-6-7-15(19)13-17/h6-7,9,13,16H,3-5,8,10-12H2,1-2H3. The van der Waals surface area contributed by atoms with Crippen molar-refractivity contribution in [3.8, 4) is 0 Å². The van der Waals surface area contributed by atoms with Gasteiger partial charge in [-0.1, -0.05) is 13.0 Å². The predicted octanol–water partition coefficient (Wildman–Crippen LogP) is 3.36. The minimum absolute atomic E-state index is 0.0826. The monoisotopic (exact) mass is 320 g/mol. The molecule has 2 amide bonds. The van der Waals surface area contributed by atoms with Crippen LogP contribution >= 0.6 is 0 Å². The van der Waals surface area contributed by atoms with E-state index in [1.165, 1.54) is 30.4 Å². The number of anilines is 1. The first-order chi connectivity index (χ1) is 11.0.